The van der Waals surface area contributed by atoms with Gasteiger partial charge in [0, 0.05) is 32.9 Å². The number of aryl methyl sites for hydroxylation is 1. The number of hydrogen-bond donors (Lipinski definition) is 1. The maximum absolute atomic E-state index is 5.70. The van der Waals surface area contributed by atoms with Gasteiger partial charge in [0.1, 0.15) is 0 Å². The molecular formula is C17H28N4O. The van der Waals surface area contributed by atoms with Crippen molar-refractivity contribution < 1.29 is 4.74 Å². The molecule has 0 spiro atoms. The predicted molar refractivity (Wildman–Crippen MR) is 90.0 cm³/mol. The minimum absolute atomic E-state index is 0.599. The maximum atomic E-state index is 5.70. The molecule has 0 bridgehead atoms. The fraction of sp³-hybridized carbons (Fsp3) is 0.647. The summed E-state index contributed by atoms with van der Waals surface area (Å²) in [6.45, 7) is 8.11. The van der Waals surface area contributed by atoms with Crippen LogP contribution >= 0.6 is 0 Å². The Morgan fingerprint density at radius 3 is 3.00 bits per heavy atom. The molecule has 5 nitrogen and oxygen atoms in total. The van der Waals surface area contributed by atoms with E-state index in [2.05, 4.69) is 40.1 Å². The van der Waals surface area contributed by atoms with E-state index in [9.17, 15) is 0 Å². The van der Waals surface area contributed by atoms with Crippen molar-refractivity contribution in [3.63, 3.8) is 0 Å². The first-order valence-electron chi connectivity index (χ1n) is 8.18. The summed E-state index contributed by atoms with van der Waals surface area (Å²) in [7, 11) is 2.05. The van der Waals surface area contributed by atoms with E-state index in [1.165, 1.54) is 18.4 Å². The molecule has 5 heteroatoms. The van der Waals surface area contributed by atoms with Crippen molar-refractivity contribution in [1.82, 2.24) is 15.2 Å². The summed E-state index contributed by atoms with van der Waals surface area (Å²) in [5.74, 6) is 1.72. The van der Waals surface area contributed by atoms with Crippen molar-refractivity contribution in [2.75, 3.05) is 33.4 Å². The Balaban J connectivity index is 1.83. The minimum Gasteiger partial charge on any atom is -0.379 e. The minimum atomic E-state index is 0.599. The highest BCUT2D eigenvalue weighted by Crippen LogP contribution is 2.28. The molecule has 1 fully saturated rings. The molecule has 0 amide bonds. The molecule has 1 heterocycles. The van der Waals surface area contributed by atoms with Gasteiger partial charge in [0.05, 0.1) is 18.8 Å². The van der Waals surface area contributed by atoms with Crippen LogP contribution in [0.2, 0.25) is 0 Å². The summed E-state index contributed by atoms with van der Waals surface area (Å²) in [6, 6.07) is 4.03. The maximum Gasteiger partial charge on any atom is 0.194 e. The molecule has 2 rings (SSSR count). The van der Waals surface area contributed by atoms with Crippen molar-refractivity contribution in [3.8, 4) is 0 Å². The number of aromatic nitrogens is 1. The van der Waals surface area contributed by atoms with E-state index in [1.54, 1.807) is 0 Å². The Hall–Kier alpha value is -1.62. The third kappa shape index (κ3) is 5.64. The molecule has 0 atom stereocenters. The highest BCUT2D eigenvalue weighted by molar-refractivity contribution is 5.79. The molecule has 1 N–H and O–H groups in total. The van der Waals surface area contributed by atoms with Gasteiger partial charge in [-0.15, -0.1) is 0 Å². The average molecular weight is 304 g/mol. The summed E-state index contributed by atoms with van der Waals surface area (Å²) >= 11 is 0. The highest BCUT2D eigenvalue weighted by atomic mass is 16.5. The van der Waals surface area contributed by atoms with Gasteiger partial charge in [-0.25, -0.2) is 4.99 Å². The largest absolute Gasteiger partial charge is 0.379 e. The number of ether oxygens (including phenoxy) is 1. The van der Waals surface area contributed by atoms with Crippen molar-refractivity contribution >= 4 is 5.96 Å². The Kier molecular flexibility index (Phi) is 6.65. The standard InChI is InChI=1S/C17H28N4O/c1-4-18-17(20-12-16-14(2)6-5-9-19-16)21(3)10-11-22-13-15-7-8-15/h5-6,9,15H,4,7-8,10-13H2,1-3H3,(H,18,20). The molecule has 22 heavy (non-hydrogen) atoms. The Bertz CT molecular complexity index is 485. The number of likely N-dealkylation sites (N-methyl/N-ethyl adjacent to an activating group) is 1. The molecule has 0 aromatic carbocycles. The van der Waals surface area contributed by atoms with Gasteiger partial charge in [0.15, 0.2) is 5.96 Å². The monoisotopic (exact) mass is 304 g/mol. The number of nitrogens with one attached hydrogen (secondary N) is 1. The average Bonchev–Trinajstić information content (AvgIpc) is 3.33. The lowest BCUT2D eigenvalue weighted by Gasteiger charge is -2.22. The number of nitrogens with zero attached hydrogens (tertiary/aromatic N) is 3. The third-order valence-electron chi connectivity index (χ3n) is 3.81. The molecule has 0 radical (unpaired) electrons. The van der Waals surface area contributed by atoms with Crippen molar-refractivity contribution in [3.05, 3.63) is 29.6 Å². The van der Waals surface area contributed by atoms with Gasteiger partial charge < -0.3 is 15.0 Å². The summed E-state index contributed by atoms with van der Waals surface area (Å²) in [4.78, 5) is 11.2. The summed E-state index contributed by atoms with van der Waals surface area (Å²) < 4.78 is 5.70. The molecule has 1 aliphatic carbocycles. The van der Waals surface area contributed by atoms with Gasteiger partial charge >= 0.3 is 0 Å². The molecule has 122 valence electrons. The van der Waals surface area contributed by atoms with E-state index in [4.69, 9.17) is 4.74 Å². The zero-order chi connectivity index (χ0) is 15.8. The van der Waals surface area contributed by atoms with Crippen molar-refractivity contribution in [1.29, 1.82) is 0 Å². The molecule has 1 saturated carbocycles. The molecule has 1 aromatic heterocycles. The van der Waals surface area contributed by atoms with Crippen LogP contribution in [0.25, 0.3) is 0 Å². The molecule has 1 aliphatic rings. The van der Waals surface area contributed by atoms with E-state index in [1.807, 2.05) is 19.3 Å². The third-order valence-corrected chi connectivity index (χ3v) is 3.81. The summed E-state index contributed by atoms with van der Waals surface area (Å²) in [5, 5.41) is 3.33. The van der Waals surface area contributed by atoms with Crippen molar-refractivity contribution in [2.45, 2.75) is 33.2 Å². The number of guanidine groups is 1. The van der Waals surface area contributed by atoms with Gasteiger partial charge in [-0.3, -0.25) is 4.98 Å². The molecular weight excluding hydrogens is 276 g/mol. The van der Waals surface area contributed by atoms with Crippen LogP contribution in [-0.4, -0.2) is 49.2 Å². The van der Waals surface area contributed by atoms with E-state index < -0.39 is 0 Å². The second-order valence-electron chi connectivity index (χ2n) is 5.88. The SMILES string of the molecule is CCNC(=NCc1ncccc1C)N(C)CCOCC1CC1. The van der Waals surface area contributed by atoms with Gasteiger partial charge in [-0.1, -0.05) is 6.07 Å². The first kappa shape index (κ1) is 16.7. The fourth-order valence-electron chi connectivity index (χ4n) is 2.15. The highest BCUT2D eigenvalue weighted by Gasteiger charge is 2.21. The second kappa shape index (κ2) is 8.73. The lowest BCUT2D eigenvalue weighted by atomic mass is 10.2. The second-order valence-corrected chi connectivity index (χ2v) is 5.88. The van der Waals surface area contributed by atoms with Gasteiger partial charge in [-0.05, 0) is 44.2 Å². The van der Waals surface area contributed by atoms with Gasteiger partial charge in [0.25, 0.3) is 0 Å². The fourth-order valence-corrected chi connectivity index (χ4v) is 2.15. The number of aliphatic imine (C=N–C) groups is 1. The first-order valence-corrected chi connectivity index (χ1v) is 8.18. The summed E-state index contributed by atoms with van der Waals surface area (Å²) in [6.07, 6.45) is 4.49. The zero-order valence-corrected chi connectivity index (χ0v) is 14.0. The van der Waals surface area contributed by atoms with Crippen LogP contribution in [0.15, 0.2) is 23.3 Å². The van der Waals surface area contributed by atoms with E-state index in [0.29, 0.717) is 6.54 Å². The van der Waals surface area contributed by atoms with Crippen LogP contribution in [0.1, 0.15) is 31.0 Å². The Morgan fingerprint density at radius 1 is 1.50 bits per heavy atom. The molecule has 1 aromatic rings. The van der Waals surface area contributed by atoms with Gasteiger partial charge in [-0.2, -0.15) is 0 Å². The Labute approximate surface area is 133 Å². The quantitative estimate of drug-likeness (QED) is 0.454. The summed E-state index contributed by atoms with van der Waals surface area (Å²) in [5.41, 5.74) is 2.20. The van der Waals surface area contributed by atoms with Crippen LogP contribution in [0.5, 0.6) is 0 Å². The topological polar surface area (TPSA) is 49.8 Å². The van der Waals surface area contributed by atoms with Gasteiger partial charge in [0.2, 0.25) is 0 Å². The van der Waals surface area contributed by atoms with Crippen LogP contribution in [0.4, 0.5) is 0 Å². The number of rotatable bonds is 8. The normalized spacial score (nSPS) is 15.0. The van der Waals surface area contributed by atoms with Crippen LogP contribution in [-0.2, 0) is 11.3 Å². The number of pyridine rings is 1. The Morgan fingerprint density at radius 2 is 2.32 bits per heavy atom. The van der Waals surface area contributed by atoms with Crippen LogP contribution in [0, 0.1) is 12.8 Å². The first-order chi connectivity index (χ1) is 10.7. The molecule has 0 saturated heterocycles. The van der Waals surface area contributed by atoms with E-state index in [0.717, 1.165) is 43.9 Å². The van der Waals surface area contributed by atoms with Crippen LogP contribution in [0.3, 0.4) is 0 Å². The lowest BCUT2D eigenvalue weighted by Crippen LogP contribution is -2.40. The molecule has 0 unspecified atom stereocenters. The smallest absolute Gasteiger partial charge is 0.194 e. The van der Waals surface area contributed by atoms with Crippen molar-refractivity contribution in [2.24, 2.45) is 10.9 Å². The lowest BCUT2D eigenvalue weighted by molar-refractivity contribution is 0.115. The predicted octanol–water partition coefficient (Wildman–Crippen LogP) is 2.21. The van der Waals surface area contributed by atoms with Crippen LogP contribution < -0.4 is 5.32 Å². The molecule has 0 aliphatic heterocycles. The van der Waals surface area contributed by atoms with E-state index in [-0.39, 0.29) is 0 Å². The zero-order valence-electron chi connectivity index (χ0n) is 14.0. The van der Waals surface area contributed by atoms with E-state index >= 15 is 0 Å². The number of hydrogen-bond acceptors (Lipinski definition) is 3.